The molecule has 2 N–H and O–H groups in total. The van der Waals surface area contributed by atoms with Gasteiger partial charge < -0.3 is 10.5 Å². The second-order valence-electron chi connectivity index (χ2n) is 4.44. The molecule has 0 aromatic heterocycles. The summed E-state index contributed by atoms with van der Waals surface area (Å²) >= 11 is 5.84. The molecule has 0 aliphatic rings. The lowest BCUT2D eigenvalue weighted by Gasteiger charge is -2.10. The number of halogens is 1. The van der Waals surface area contributed by atoms with Gasteiger partial charge in [-0.05, 0) is 36.6 Å². The van der Waals surface area contributed by atoms with Crippen molar-refractivity contribution >= 4 is 17.5 Å². The predicted molar refractivity (Wildman–Crippen MR) is 80.2 cm³/mol. The van der Waals surface area contributed by atoms with Gasteiger partial charge in [0.05, 0.1) is 12.2 Å². The highest BCUT2D eigenvalue weighted by Crippen LogP contribution is 2.22. The maximum atomic E-state index is 11.3. The van der Waals surface area contributed by atoms with Gasteiger partial charge >= 0.3 is 0 Å². The molecule has 0 aliphatic heterocycles. The van der Waals surface area contributed by atoms with Gasteiger partial charge in [-0.2, -0.15) is 0 Å². The lowest BCUT2D eigenvalue weighted by Crippen LogP contribution is -2.13. The SMILES string of the molecule is NC(=O)c1cc(Cl)ccc1OCCCc1ccccc1. The zero-order chi connectivity index (χ0) is 14.4. The second kappa shape index (κ2) is 6.96. The molecule has 0 radical (unpaired) electrons. The van der Waals surface area contributed by atoms with Crippen molar-refractivity contribution in [1.82, 2.24) is 0 Å². The van der Waals surface area contributed by atoms with Gasteiger partial charge in [-0.3, -0.25) is 4.79 Å². The van der Waals surface area contributed by atoms with Crippen LogP contribution in [0.4, 0.5) is 0 Å². The Morgan fingerprint density at radius 1 is 1.15 bits per heavy atom. The Balaban J connectivity index is 1.90. The number of amides is 1. The van der Waals surface area contributed by atoms with Crippen molar-refractivity contribution in [3.8, 4) is 5.75 Å². The summed E-state index contributed by atoms with van der Waals surface area (Å²) in [5.41, 5.74) is 6.88. The van der Waals surface area contributed by atoms with E-state index in [1.54, 1.807) is 12.1 Å². The van der Waals surface area contributed by atoms with Gasteiger partial charge in [-0.15, -0.1) is 0 Å². The van der Waals surface area contributed by atoms with Gasteiger partial charge in [0.15, 0.2) is 0 Å². The fourth-order valence-corrected chi connectivity index (χ4v) is 2.10. The van der Waals surface area contributed by atoms with Crippen molar-refractivity contribution in [1.29, 1.82) is 0 Å². The molecule has 4 heteroatoms. The number of hydrogen-bond acceptors (Lipinski definition) is 2. The normalized spacial score (nSPS) is 10.2. The Morgan fingerprint density at radius 2 is 1.90 bits per heavy atom. The molecule has 0 bridgehead atoms. The highest BCUT2D eigenvalue weighted by atomic mass is 35.5. The molecule has 20 heavy (non-hydrogen) atoms. The molecule has 0 atom stereocenters. The van der Waals surface area contributed by atoms with E-state index >= 15 is 0 Å². The first-order valence-electron chi connectivity index (χ1n) is 6.43. The molecule has 0 spiro atoms. The van der Waals surface area contributed by atoms with Crippen LogP contribution in [0.5, 0.6) is 5.75 Å². The molecule has 2 aromatic carbocycles. The molecule has 3 nitrogen and oxygen atoms in total. The van der Waals surface area contributed by atoms with Crippen molar-refractivity contribution in [3.05, 3.63) is 64.7 Å². The summed E-state index contributed by atoms with van der Waals surface area (Å²) in [4.78, 5) is 11.3. The zero-order valence-electron chi connectivity index (χ0n) is 11.0. The molecule has 0 fully saturated rings. The van der Waals surface area contributed by atoms with Crippen molar-refractivity contribution in [3.63, 3.8) is 0 Å². The fourth-order valence-electron chi connectivity index (χ4n) is 1.92. The van der Waals surface area contributed by atoms with E-state index in [1.807, 2.05) is 18.2 Å². The standard InChI is InChI=1S/C16H16ClNO2/c17-13-8-9-15(14(11-13)16(18)19)20-10-4-7-12-5-2-1-3-6-12/h1-3,5-6,8-9,11H,4,7,10H2,(H2,18,19). The molecule has 104 valence electrons. The molecule has 0 heterocycles. The van der Waals surface area contributed by atoms with Crippen LogP contribution in [0.25, 0.3) is 0 Å². The topological polar surface area (TPSA) is 52.3 Å². The van der Waals surface area contributed by atoms with Crippen molar-refractivity contribution < 1.29 is 9.53 Å². The number of hydrogen-bond donors (Lipinski definition) is 1. The maximum absolute atomic E-state index is 11.3. The van der Waals surface area contributed by atoms with Crippen LogP contribution < -0.4 is 10.5 Å². The molecule has 1 amide bonds. The van der Waals surface area contributed by atoms with E-state index in [2.05, 4.69) is 12.1 Å². The third-order valence-corrected chi connectivity index (χ3v) is 3.15. The van der Waals surface area contributed by atoms with E-state index in [0.717, 1.165) is 12.8 Å². The van der Waals surface area contributed by atoms with Gasteiger partial charge in [-0.25, -0.2) is 0 Å². The van der Waals surface area contributed by atoms with Gasteiger partial charge in [0.1, 0.15) is 5.75 Å². The van der Waals surface area contributed by atoms with Gasteiger partial charge in [0, 0.05) is 5.02 Å². The highest BCUT2D eigenvalue weighted by molar-refractivity contribution is 6.31. The average molecular weight is 290 g/mol. The molecule has 2 rings (SSSR count). The smallest absolute Gasteiger partial charge is 0.252 e. The van der Waals surface area contributed by atoms with Gasteiger partial charge in [0.2, 0.25) is 0 Å². The minimum Gasteiger partial charge on any atom is -0.493 e. The second-order valence-corrected chi connectivity index (χ2v) is 4.88. The van der Waals surface area contributed by atoms with E-state index in [4.69, 9.17) is 22.1 Å². The Bertz CT molecular complexity index is 584. The minimum absolute atomic E-state index is 0.317. The molecular weight excluding hydrogens is 274 g/mol. The lowest BCUT2D eigenvalue weighted by atomic mass is 10.1. The first kappa shape index (κ1) is 14.4. The Morgan fingerprint density at radius 3 is 2.60 bits per heavy atom. The number of ether oxygens (including phenoxy) is 1. The summed E-state index contributed by atoms with van der Waals surface area (Å²) in [6.45, 7) is 0.525. The molecule has 2 aromatic rings. The Hall–Kier alpha value is -2.00. The number of carbonyl (C=O) groups is 1. The van der Waals surface area contributed by atoms with Crippen molar-refractivity contribution in [2.45, 2.75) is 12.8 Å². The van der Waals surface area contributed by atoms with Crippen molar-refractivity contribution in [2.75, 3.05) is 6.61 Å². The van der Waals surface area contributed by atoms with Crippen LogP contribution in [-0.2, 0) is 6.42 Å². The van der Waals surface area contributed by atoms with Gasteiger partial charge in [-0.1, -0.05) is 41.9 Å². The summed E-state index contributed by atoms with van der Waals surface area (Å²) in [5, 5.41) is 0.468. The van der Waals surface area contributed by atoms with E-state index in [0.29, 0.717) is 22.9 Å². The quantitative estimate of drug-likeness (QED) is 0.828. The first-order chi connectivity index (χ1) is 9.66. The van der Waals surface area contributed by atoms with Crippen molar-refractivity contribution in [2.24, 2.45) is 5.73 Å². The summed E-state index contributed by atoms with van der Waals surface area (Å²) in [7, 11) is 0. The summed E-state index contributed by atoms with van der Waals surface area (Å²) in [5.74, 6) is -0.0551. The number of aryl methyl sites for hydroxylation is 1. The third kappa shape index (κ3) is 4.00. The minimum atomic E-state index is -0.537. The number of rotatable bonds is 6. The molecular formula is C16H16ClNO2. The largest absolute Gasteiger partial charge is 0.493 e. The number of primary amides is 1. The summed E-state index contributed by atoms with van der Waals surface area (Å²) < 4.78 is 5.62. The van der Waals surface area contributed by atoms with Crippen LogP contribution in [0.3, 0.4) is 0 Å². The Kier molecular flexibility index (Phi) is 5.02. The van der Waals surface area contributed by atoms with E-state index in [9.17, 15) is 4.79 Å². The number of carbonyl (C=O) groups excluding carboxylic acids is 1. The maximum Gasteiger partial charge on any atom is 0.252 e. The molecule has 0 unspecified atom stereocenters. The van der Waals surface area contributed by atoms with Crippen LogP contribution in [-0.4, -0.2) is 12.5 Å². The molecule has 0 saturated heterocycles. The average Bonchev–Trinajstić information content (AvgIpc) is 2.45. The van der Waals surface area contributed by atoms with Gasteiger partial charge in [0.25, 0.3) is 5.91 Å². The lowest BCUT2D eigenvalue weighted by molar-refractivity contribution is 0.0996. The zero-order valence-corrected chi connectivity index (χ0v) is 11.8. The van der Waals surface area contributed by atoms with Crippen LogP contribution in [0.15, 0.2) is 48.5 Å². The first-order valence-corrected chi connectivity index (χ1v) is 6.80. The Labute approximate surface area is 123 Å². The number of benzene rings is 2. The van der Waals surface area contributed by atoms with Crippen LogP contribution in [0, 0.1) is 0 Å². The third-order valence-electron chi connectivity index (χ3n) is 2.92. The summed E-state index contributed by atoms with van der Waals surface area (Å²) in [6.07, 6.45) is 1.80. The van der Waals surface area contributed by atoms with Crippen LogP contribution in [0.2, 0.25) is 5.02 Å². The van der Waals surface area contributed by atoms with E-state index in [-0.39, 0.29) is 0 Å². The molecule has 0 aliphatic carbocycles. The molecule has 0 saturated carbocycles. The highest BCUT2D eigenvalue weighted by Gasteiger charge is 2.09. The summed E-state index contributed by atoms with van der Waals surface area (Å²) in [6, 6.07) is 15.1. The van der Waals surface area contributed by atoms with E-state index < -0.39 is 5.91 Å². The van der Waals surface area contributed by atoms with Crippen LogP contribution >= 0.6 is 11.6 Å². The fraction of sp³-hybridized carbons (Fsp3) is 0.188. The predicted octanol–water partition coefficient (Wildman–Crippen LogP) is 3.45. The number of nitrogens with two attached hydrogens (primary N) is 1. The van der Waals surface area contributed by atoms with E-state index in [1.165, 1.54) is 11.6 Å². The van der Waals surface area contributed by atoms with Crippen LogP contribution in [0.1, 0.15) is 22.3 Å². The monoisotopic (exact) mass is 289 g/mol.